The Kier molecular flexibility index (Phi) is 3.47. The molecule has 0 aliphatic heterocycles. The van der Waals surface area contributed by atoms with Crippen LogP contribution in [0.15, 0.2) is 103 Å². The first-order valence-electron chi connectivity index (χ1n) is 9.70. The van der Waals surface area contributed by atoms with Crippen molar-refractivity contribution in [1.29, 1.82) is 0 Å². The number of hydrogen-bond donors (Lipinski definition) is 0. The van der Waals surface area contributed by atoms with Crippen molar-refractivity contribution in [2.24, 2.45) is 0 Å². The predicted octanol–water partition coefficient (Wildman–Crippen LogP) is 6.37. The van der Waals surface area contributed by atoms with Gasteiger partial charge in [-0.1, -0.05) is 91.0 Å². The molecule has 0 N–H and O–H groups in total. The first-order chi connectivity index (χ1) is 14.4. The van der Waals surface area contributed by atoms with Gasteiger partial charge in [0.25, 0.3) is 0 Å². The monoisotopic (exact) mass is 371 g/mol. The van der Waals surface area contributed by atoms with Crippen LogP contribution in [0.3, 0.4) is 0 Å². The Hall–Kier alpha value is -3.98. The van der Waals surface area contributed by atoms with Gasteiger partial charge in [0.2, 0.25) is 0 Å². The van der Waals surface area contributed by atoms with E-state index in [1.807, 2.05) is 30.5 Å². The highest BCUT2D eigenvalue weighted by Gasteiger charge is 2.17. The van der Waals surface area contributed by atoms with Gasteiger partial charge in [0, 0.05) is 16.5 Å². The highest BCUT2D eigenvalue weighted by Crippen LogP contribution is 2.33. The second-order valence-electron chi connectivity index (χ2n) is 7.15. The Bertz CT molecular complexity index is 1490. The van der Waals surface area contributed by atoms with Crippen LogP contribution in [0.2, 0.25) is 0 Å². The summed E-state index contributed by atoms with van der Waals surface area (Å²) in [7, 11) is 0. The van der Waals surface area contributed by atoms with Crippen molar-refractivity contribution in [3.8, 4) is 22.8 Å². The smallest absolute Gasteiger partial charge is 0.146 e. The Morgan fingerprint density at radius 1 is 0.586 bits per heavy atom. The van der Waals surface area contributed by atoms with Crippen molar-refractivity contribution in [3.05, 3.63) is 103 Å². The standard InChI is InChI=1S/C26H17N3/c1-2-10-19(11-3-1)25-28-23-16-7-6-14-22(23)24-17-27-26(29(24)25)21-15-8-12-18-9-4-5-13-20(18)21/h1-17H. The second-order valence-corrected chi connectivity index (χ2v) is 7.15. The molecular formula is C26H17N3. The van der Waals surface area contributed by atoms with E-state index >= 15 is 0 Å². The average molecular weight is 371 g/mol. The first kappa shape index (κ1) is 16.0. The van der Waals surface area contributed by atoms with E-state index in [4.69, 9.17) is 9.97 Å². The van der Waals surface area contributed by atoms with Gasteiger partial charge in [-0.15, -0.1) is 0 Å². The van der Waals surface area contributed by atoms with Crippen LogP contribution in [-0.4, -0.2) is 14.4 Å². The lowest BCUT2D eigenvalue weighted by atomic mass is 10.0. The molecule has 0 atom stereocenters. The fourth-order valence-corrected chi connectivity index (χ4v) is 4.10. The molecule has 4 aromatic carbocycles. The maximum Gasteiger partial charge on any atom is 0.146 e. The van der Waals surface area contributed by atoms with Crippen LogP contribution in [0.4, 0.5) is 0 Å². The molecule has 0 unspecified atom stereocenters. The Labute approximate surface area is 167 Å². The molecule has 0 saturated heterocycles. The SMILES string of the molecule is c1ccc(-c2nc3ccccc3c3cnc(-c4cccc5ccccc45)n23)cc1. The van der Waals surface area contributed by atoms with E-state index in [2.05, 4.69) is 77.2 Å². The van der Waals surface area contributed by atoms with Crippen molar-refractivity contribution in [2.45, 2.75) is 0 Å². The Balaban J connectivity index is 1.78. The van der Waals surface area contributed by atoms with Gasteiger partial charge in [-0.3, -0.25) is 4.40 Å². The van der Waals surface area contributed by atoms with Crippen LogP contribution in [0, 0.1) is 0 Å². The lowest BCUT2D eigenvalue weighted by Crippen LogP contribution is -2.00. The molecule has 136 valence electrons. The van der Waals surface area contributed by atoms with Gasteiger partial charge in [0.1, 0.15) is 11.6 Å². The molecule has 29 heavy (non-hydrogen) atoms. The largest absolute Gasteiger partial charge is 0.276 e. The van der Waals surface area contributed by atoms with E-state index in [1.54, 1.807) is 0 Å². The minimum Gasteiger partial charge on any atom is -0.276 e. The predicted molar refractivity (Wildman–Crippen MR) is 119 cm³/mol. The second kappa shape index (κ2) is 6.28. The summed E-state index contributed by atoms with van der Waals surface area (Å²) in [5.74, 6) is 1.81. The fraction of sp³-hybridized carbons (Fsp3) is 0. The molecule has 0 radical (unpaired) electrons. The number of aromatic nitrogens is 3. The number of fused-ring (bicyclic) bond motifs is 4. The molecule has 0 aliphatic rings. The summed E-state index contributed by atoms with van der Waals surface area (Å²) in [6.45, 7) is 0. The molecular weight excluding hydrogens is 354 g/mol. The summed E-state index contributed by atoms with van der Waals surface area (Å²) < 4.78 is 2.19. The molecule has 0 aliphatic carbocycles. The van der Waals surface area contributed by atoms with Crippen LogP contribution in [0.25, 0.3) is 50.0 Å². The van der Waals surface area contributed by atoms with E-state index in [1.165, 1.54) is 10.8 Å². The minimum atomic E-state index is 0.903. The molecule has 0 bridgehead atoms. The van der Waals surface area contributed by atoms with E-state index in [-0.39, 0.29) is 0 Å². The summed E-state index contributed by atoms with van der Waals surface area (Å²) in [5.41, 5.74) is 4.22. The van der Waals surface area contributed by atoms with Gasteiger partial charge in [-0.2, -0.15) is 0 Å². The minimum absolute atomic E-state index is 0.903. The lowest BCUT2D eigenvalue weighted by molar-refractivity contribution is 1.12. The summed E-state index contributed by atoms with van der Waals surface area (Å²) in [6, 6.07) is 33.4. The summed E-state index contributed by atoms with van der Waals surface area (Å²) in [5, 5.41) is 3.50. The molecule has 3 heteroatoms. The number of para-hydroxylation sites is 1. The molecule has 0 spiro atoms. The number of imidazole rings is 1. The van der Waals surface area contributed by atoms with E-state index in [0.29, 0.717) is 0 Å². The topological polar surface area (TPSA) is 30.2 Å². The van der Waals surface area contributed by atoms with Gasteiger partial charge in [-0.25, -0.2) is 9.97 Å². The van der Waals surface area contributed by atoms with E-state index < -0.39 is 0 Å². The van der Waals surface area contributed by atoms with Gasteiger partial charge >= 0.3 is 0 Å². The van der Waals surface area contributed by atoms with E-state index in [0.717, 1.165) is 39.2 Å². The molecule has 0 fully saturated rings. The maximum atomic E-state index is 5.04. The van der Waals surface area contributed by atoms with Crippen molar-refractivity contribution < 1.29 is 0 Å². The third-order valence-corrected chi connectivity index (χ3v) is 5.44. The number of nitrogens with zero attached hydrogens (tertiary/aromatic N) is 3. The van der Waals surface area contributed by atoms with Crippen LogP contribution in [-0.2, 0) is 0 Å². The summed E-state index contributed by atoms with van der Waals surface area (Å²) >= 11 is 0. The molecule has 6 aromatic rings. The maximum absolute atomic E-state index is 5.04. The zero-order chi connectivity index (χ0) is 19.2. The molecule has 2 heterocycles. The van der Waals surface area contributed by atoms with Crippen molar-refractivity contribution in [1.82, 2.24) is 14.4 Å². The summed E-state index contributed by atoms with van der Waals surface area (Å²) in [6.07, 6.45) is 1.97. The van der Waals surface area contributed by atoms with Gasteiger partial charge in [0.15, 0.2) is 0 Å². The highest BCUT2D eigenvalue weighted by molar-refractivity contribution is 5.99. The van der Waals surface area contributed by atoms with Crippen molar-refractivity contribution >= 4 is 27.2 Å². The third kappa shape index (κ3) is 2.44. The molecule has 6 rings (SSSR count). The normalized spacial score (nSPS) is 11.4. The van der Waals surface area contributed by atoms with Crippen LogP contribution in [0.5, 0.6) is 0 Å². The Morgan fingerprint density at radius 2 is 1.31 bits per heavy atom. The molecule has 0 amide bonds. The highest BCUT2D eigenvalue weighted by atomic mass is 15.1. The van der Waals surface area contributed by atoms with Crippen LogP contribution in [0.1, 0.15) is 0 Å². The molecule has 2 aromatic heterocycles. The fourth-order valence-electron chi connectivity index (χ4n) is 4.10. The van der Waals surface area contributed by atoms with Crippen LogP contribution < -0.4 is 0 Å². The van der Waals surface area contributed by atoms with Gasteiger partial charge in [-0.05, 0) is 16.8 Å². The molecule has 0 saturated carbocycles. The summed E-state index contributed by atoms with van der Waals surface area (Å²) in [4.78, 5) is 9.91. The number of hydrogen-bond acceptors (Lipinski definition) is 2. The number of rotatable bonds is 2. The zero-order valence-corrected chi connectivity index (χ0v) is 15.7. The first-order valence-corrected chi connectivity index (χ1v) is 9.70. The number of benzene rings is 4. The van der Waals surface area contributed by atoms with Crippen molar-refractivity contribution in [2.75, 3.05) is 0 Å². The quantitative estimate of drug-likeness (QED) is 0.354. The molecule has 3 nitrogen and oxygen atoms in total. The average Bonchev–Trinajstić information content (AvgIpc) is 3.24. The van der Waals surface area contributed by atoms with Gasteiger partial charge in [0.05, 0.1) is 17.2 Å². The van der Waals surface area contributed by atoms with Crippen LogP contribution >= 0.6 is 0 Å². The third-order valence-electron chi connectivity index (χ3n) is 5.44. The van der Waals surface area contributed by atoms with E-state index in [9.17, 15) is 0 Å². The lowest BCUT2D eigenvalue weighted by Gasteiger charge is -2.12. The van der Waals surface area contributed by atoms with Gasteiger partial charge < -0.3 is 0 Å². The zero-order valence-electron chi connectivity index (χ0n) is 15.7. The van der Waals surface area contributed by atoms with Crippen molar-refractivity contribution in [3.63, 3.8) is 0 Å². The Morgan fingerprint density at radius 3 is 2.21 bits per heavy atom.